The van der Waals surface area contributed by atoms with Gasteiger partial charge in [0.1, 0.15) is 5.82 Å². The minimum Gasteiger partial charge on any atom is -0.309 e. The molecule has 1 aliphatic heterocycles. The van der Waals surface area contributed by atoms with E-state index in [1.54, 1.807) is 41.6 Å². The molecule has 18 heteroatoms. The summed E-state index contributed by atoms with van der Waals surface area (Å²) in [6.07, 6.45) is 12.8. The number of nitrogens with two attached hydrogens (primary N) is 1. The van der Waals surface area contributed by atoms with Crippen LogP contribution in [0.2, 0.25) is 0 Å². The van der Waals surface area contributed by atoms with Crippen molar-refractivity contribution < 1.29 is 18.0 Å². The van der Waals surface area contributed by atoms with E-state index in [-0.39, 0.29) is 29.8 Å². The molecule has 68 heavy (non-hydrogen) atoms. The second-order valence-corrected chi connectivity index (χ2v) is 16.4. The second kappa shape index (κ2) is 24.3. The number of halogens is 5. The number of aryl methyl sites for hydroxylation is 5. The minimum atomic E-state index is -4.41. The molecule has 0 fully saturated rings. The number of carbonyl (C=O) groups is 1. The lowest BCUT2D eigenvalue weighted by molar-refractivity contribution is -0.138. The Hall–Kier alpha value is -6.75. The average molecular weight is 968 g/mol. The first kappa shape index (κ1) is 52.2. The number of hydrogen-bond donors (Lipinski definition) is 3. The molecule has 1 aliphatic rings. The van der Waals surface area contributed by atoms with Crippen molar-refractivity contribution in [3.63, 3.8) is 0 Å². The zero-order valence-electron chi connectivity index (χ0n) is 38.5. The second-order valence-electron chi connectivity index (χ2n) is 16.0. The molecule has 0 bridgehead atoms. The van der Waals surface area contributed by atoms with Crippen LogP contribution in [-0.4, -0.2) is 61.3 Å². The molecule has 0 saturated carbocycles. The van der Waals surface area contributed by atoms with Gasteiger partial charge in [0.2, 0.25) is 0 Å². The van der Waals surface area contributed by atoms with Gasteiger partial charge in [-0.1, -0.05) is 48.5 Å². The fourth-order valence-corrected chi connectivity index (χ4v) is 7.90. The lowest BCUT2D eigenvalue weighted by Crippen LogP contribution is -2.27. The maximum absolute atomic E-state index is 13.6. The molecule has 1 amide bonds. The monoisotopic (exact) mass is 966 g/mol. The Morgan fingerprint density at radius 1 is 0.853 bits per heavy atom. The third-order valence-corrected chi connectivity index (χ3v) is 11.2. The topological polar surface area (TPSA) is 171 Å². The number of rotatable bonds is 12. The molecular weight excluding hydrogens is 913 g/mol. The third kappa shape index (κ3) is 13.9. The summed E-state index contributed by atoms with van der Waals surface area (Å²) in [5, 5.41) is 12.2. The molecule has 6 heterocycles. The van der Waals surface area contributed by atoms with E-state index in [1.165, 1.54) is 17.7 Å². The van der Waals surface area contributed by atoms with Crippen LogP contribution in [0.1, 0.15) is 107 Å². The van der Waals surface area contributed by atoms with E-state index in [2.05, 4.69) is 42.2 Å². The summed E-state index contributed by atoms with van der Waals surface area (Å²) in [5.41, 5.74) is 10.5. The van der Waals surface area contributed by atoms with Crippen LogP contribution in [0.3, 0.4) is 0 Å². The van der Waals surface area contributed by atoms with E-state index in [9.17, 15) is 18.0 Å². The van der Waals surface area contributed by atoms with Crippen molar-refractivity contribution in [1.29, 1.82) is 5.41 Å². The highest BCUT2D eigenvalue weighted by atomic mass is 35.5. The van der Waals surface area contributed by atoms with E-state index < -0.39 is 17.7 Å². The summed E-state index contributed by atoms with van der Waals surface area (Å²) < 4.78 is 46.4. The Balaban J connectivity index is 0.000000214. The number of benzene rings is 2. The summed E-state index contributed by atoms with van der Waals surface area (Å²) in [6, 6.07) is 23.6. The number of hydrazine groups is 1. The van der Waals surface area contributed by atoms with Gasteiger partial charge in [0, 0.05) is 48.4 Å². The third-order valence-electron chi connectivity index (χ3n) is 11.0. The van der Waals surface area contributed by atoms with E-state index >= 15 is 0 Å². The normalized spacial score (nSPS) is 13.7. The number of alkyl halides is 4. The van der Waals surface area contributed by atoms with E-state index in [0.717, 1.165) is 70.9 Å². The lowest BCUT2D eigenvalue weighted by atomic mass is 9.88. The van der Waals surface area contributed by atoms with Gasteiger partial charge < -0.3 is 14.5 Å². The minimum absolute atomic E-state index is 0. The number of pyridine rings is 2. The van der Waals surface area contributed by atoms with Crippen LogP contribution in [0.15, 0.2) is 110 Å². The van der Waals surface area contributed by atoms with Crippen molar-refractivity contribution in [3.8, 4) is 11.4 Å². The Bertz CT molecular complexity index is 2830. The van der Waals surface area contributed by atoms with Gasteiger partial charge >= 0.3 is 6.18 Å². The van der Waals surface area contributed by atoms with Gasteiger partial charge in [-0.15, -0.1) is 24.0 Å². The van der Waals surface area contributed by atoms with E-state index in [4.69, 9.17) is 22.9 Å². The Labute approximate surface area is 405 Å². The fraction of sp³-hybridized carbons (Fsp3) is 0.280. The van der Waals surface area contributed by atoms with Crippen molar-refractivity contribution in [2.75, 3.05) is 5.88 Å². The highest BCUT2D eigenvalue weighted by molar-refractivity contribution is 6.17. The number of imidazole rings is 2. The van der Waals surface area contributed by atoms with Gasteiger partial charge in [-0.25, -0.2) is 25.5 Å². The largest absolute Gasteiger partial charge is 0.416 e. The molecule has 5 aromatic heterocycles. The van der Waals surface area contributed by atoms with Gasteiger partial charge in [-0.05, 0) is 120 Å². The molecule has 8 rings (SSSR count). The molecule has 2 aromatic carbocycles. The van der Waals surface area contributed by atoms with Crippen molar-refractivity contribution in [1.82, 2.24) is 49.3 Å². The highest BCUT2D eigenvalue weighted by Crippen LogP contribution is 2.40. The zero-order chi connectivity index (χ0) is 48.1. The molecular formula is C50H55Cl2F3N12O. The molecule has 4 N–H and O–H groups in total. The molecule has 356 valence electrons. The predicted molar refractivity (Wildman–Crippen MR) is 264 cm³/mol. The molecule has 13 nitrogen and oxygen atoms in total. The van der Waals surface area contributed by atoms with Crippen LogP contribution in [0.5, 0.6) is 0 Å². The summed E-state index contributed by atoms with van der Waals surface area (Å²) in [5.74, 6) is 6.12. The first-order chi connectivity index (χ1) is 32.1. The van der Waals surface area contributed by atoms with Gasteiger partial charge in [0.25, 0.3) is 5.91 Å². The fourth-order valence-electron chi connectivity index (χ4n) is 7.75. The van der Waals surface area contributed by atoms with Crippen molar-refractivity contribution >= 4 is 53.9 Å². The number of fused-ring (bicyclic) bond motifs is 1. The van der Waals surface area contributed by atoms with Crippen LogP contribution >= 0.6 is 24.0 Å². The van der Waals surface area contributed by atoms with Gasteiger partial charge in [-0.2, -0.15) is 18.3 Å². The lowest BCUT2D eigenvalue weighted by Gasteiger charge is -2.25. The van der Waals surface area contributed by atoms with Crippen molar-refractivity contribution in [2.24, 2.45) is 5.84 Å². The molecule has 0 aliphatic carbocycles. The van der Waals surface area contributed by atoms with Gasteiger partial charge in [0.05, 0.1) is 63.8 Å². The zero-order valence-corrected chi connectivity index (χ0v) is 40.0. The Morgan fingerprint density at radius 2 is 1.44 bits per heavy atom. The Morgan fingerprint density at radius 3 is 1.97 bits per heavy atom. The number of amides is 1. The summed E-state index contributed by atoms with van der Waals surface area (Å²) in [7, 11) is 0. The standard InChI is InChI=1S/C25H23F3N6.C13H15N5O.C12H16ClN.ClH/c1-16-14-33(15-29-16)22-11-9-18(30-17(22)2)10-12-23-31-24-20(7-5-13-34(24)32-23)19-6-3-4-8-21(19)25(26,27)28;1-9-7-18(8-15-9)12-5-3-11(16-10(12)2)4-6-13(19)17-14;1-10(14)12(8-5-9-13)11-6-3-2-4-7-11;/h3-4,6,8-12,14-15,20H,5,7,13H2,1-2H3;3-8H,14H2,1-2H3,(H,17,19);2-4,6-7,12,14H,5,8-9H2,1H3;1H/b12-10+;6-4+;;. The van der Waals surface area contributed by atoms with Crippen molar-refractivity contribution in [2.45, 2.75) is 84.9 Å². The summed E-state index contributed by atoms with van der Waals surface area (Å²) in [6.45, 7) is 10.2. The first-order valence-corrected chi connectivity index (χ1v) is 22.3. The predicted octanol–water partition coefficient (Wildman–Crippen LogP) is 10.7. The summed E-state index contributed by atoms with van der Waals surface area (Å²) in [4.78, 5) is 33.1. The number of nitrogens with zero attached hydrogens (tertiary/aromatic N) is 9. The molecule has 0 spiro atoms. The number of hydrogen-bond acceptors (Lipinski definition) is 9. The Kier molecular flexibility index (Phi) is 18.7. The van der Waals surface area contributed by atoms with E-state index in [0.29, 0.717) is 36.2 Å². The number of carbonyl (C=O) groups excluding carboxylic acids is 1. The number of nitrogens with one attached hydrogen (secondary N) is 2. The van der Waals surface area contributed by atoms with Gasteiger partial charge in [0.15, 0.2) is 5.82 Å². The molecule has 2 unspecified atom stereocenters. The SMILES string of the molecule is CC(=N)C(CCCCl)c1ccccc1.Cc1cn(-c2ccc(/C=C/C(=O)NN)nc2C)cn1.Cc1cn(-c2ccc(/C=C/c3nc4n(n3)CCCC4c3ccccc3C(F)(F)F)nc2C)cn1.Cl. The molecule has 2 atom stereocenters. The molecule has 7 aromatic rings. The summed E-state index contributed by atoms with van der Waals surface area (Å²) >= 11 is 5.67. The van der Waals surface area contributed by atoms with Crippen LogP contribution in [0.4, 0.5) is 13.2 Å². The van der Waals surface area contributed by atoms with E-state index in [1.807, 2.05) is 110 Å². The van der Waals surface area contributed by atoms with Crippen LogP contribution in [-0.2, 0) is 17.5 Å². The average Bonchev–Trinajstić information content (AvgIpc) is 4.07. The number of aromatic nitrogens is 9. The van der Waals surface area contributed by atoms with Crippen LogP contribution < -0.4 is 11.3 Å². The molecule has 0 radical (unpaired) electrons. The van der Waals surface area contributed by atoms with Crippen molar-refractivity contribution in [3.05, 3.63) is 172 Å². The van der Waals surface area contributed by atoms with Crippen LogP contribution in [0, 0.1) is 33.1 Å². The quantitative estimate of drug-likeness (QED) is 0.0271. The first-order valence-electron chi connectivity index (χ1n) is 21.8. The smallest absolute Gasteiger partial charge is 0.309 e. The van der Waals surface area contributed by atoms with Gasteiger partial charge in [-0.3, -0.25) is 20.2 Å². The van der Waals surface area contributed by atoms with Crippen LogP contribution in [0.25, 0.3) is 29.6 Å². The molecule has 0 saturated heterocycles. The highest BCUT2D eigenvalue weighted by Gasteiger charge is 2.37. The maximum atomic E-state index is 13.6. The maximum Gasteiger partial charge on any atom is 0.416 e.